The number of ether oxygens (including phenoxy) is 1. The van der Waals surface area contributed by atoms with E-state index in [0.29, 0.717) is 25.1 Å². The maximum Gasteiger partial charge on any atom is 0.305 e. The molecule has 1 amide bonds. The predicted molar refractivity (Wildman–Crippen MR) is 102 cm³/mol. The monoisotopic (exact) mass is 370 g/mol. The molecule has 1 N–H and O–H groups in total. The lowest BCUT2D eigenvalue weighted by Gasteiger charge is -2.08. The highest BCUT2D eigenvalue weighted by atomic mass is 16.6. The van der Waals surface area contributed by atoms with E-state index in [2.05, 4.69) is 5.32 Å². The lowest BCUT2D eigenvalue weighted by atomic mass is 10.1. The normalized spacial score (nSPS) is 10.3. The van der Waals surface area contributed by atoms with E-state index in [-0.39, 0.29) is 17.2 Å². The van der Waals surface area contributed by atoms with Gasteiger partial charge in [0.25, 0.3) is 11.6 Å². The van der Waals surface area contributed by atoms with E-state index in [1.165, 1.54) is 12.1 Å². The van der Waals surface area contributed by atoms with Crippen LogP contribution in [0.25, 0.3) is 0 Å². The topological polar surface area (TPSA) is 98.5 Å². The number of carbonyl (C=O) groups is 2. The average Bonchev–Trinajstić information content (AvgIpc) is 2.63. The molecule has 0 fully saturated rings. The Balaban J connectivity index is 1.98. The Hall–Kier alpha value is -3.22. The van der Waals surface area contributed by atoms with Crippen molar-refractivity contribution in [2.75, 3.05) is 11.9 Å². The number of anilines is 1. The van der Waals surface area contributed by atoms with Crippen LogP contribution in [0, 0.1) is 17.0 Å². The SMILES string of the molecule is CCOC(=O)CCCc1ccc(NC(=O)c2cc(C)ccc2[N+](=O)[O-])cc1. The van der Waals surface area contributed by atoms with Crippen molar-refractivity contribution in [1.29, 1.82) is 0 Å². The minimum absolute atomic E-state index is 0.0264. The molecule has 0 saturated heterocycles. The maximum atomic E-state index is 12.4. The van der Waals surface area contributed by atoms with Gasteiger partial charge in [-0.2, -0.15) is 0 Å². The molecule has 7 heteroatoms. The van der Waals surface area contributed by atoms with Gasteiger partial charge < -0.3 is 10.1 Å². The van der Waals surface area contributed by atoms with Gasteiger partial charge in [0.1, 0.15) is 5.56 Å². The van der Waals surface area contributed by atoms with Gasteiger partial charge in [0.2, 0.25) is 0 Å². The number of carbonyl (C=O) groups excluding carboxylic acids is 2. The largest absolute Gasteiger partial charge is 0.466 e. The predicted octanol–water partition coefficient (Wildman–Crippen LogP) is 4.04. The van der Waals surface area contributed by atoms with Crippen molar-refractivity contribution in [3.8, 4) is 0 Å². The van der Waals surface area contributed by atoms with E-state index < -0.39 is 10.8 Å². The van der Waals surface area contributed by atoms with Gasteiger partial charge >= 0.3 is 5.97 Å². The lowest BCUT2D eigenvalue weighted by Crippen LogP contribution is -2.14. The zero-order valence-corrected chi connectivity index (χ0v) is 15.4. The molecule has 0 aliphatic heterocycles. The standard InChI is InChI=1S/C20H22N2O5/c1-3-27-19(23)6-4-5-15-8-10-16(11-9-15)21-20(24)17-13-14(2)7-12-18(17)22(25)26/h7-13H,3-6H2,1-2H3,(H,21,24). The highest BCUT2D eigenvalue weighted by Gasteiger charge is 2.20. The summed E-state index contributed by atoms with van der Waals surface area (Å²) in [4.78, 5) is 34.3. The second-order valence-electron chi connectivity index (χ2n) is 6.09. The zero-order chi connectivity index (χ0) is 19.8. The number of nitro groups is 1. The van der Waals surface area contributed by atoms with Gasteiger partial charge in [-0.15, -0.1) is 0 Å². The molecular formula is C20H22N2O5. The van der Waals surface area contributed by atoms with Crippen molar-refractivity contribution in [3.05, 3.63) is 69.3 Å². The molecule has 0 radical (unpaired) electrons. The Bertz CT molecular complexity index is 831. The van der Waals surface area contributed by atoms with Crippen LogP contribution in [-0.2, 0) is 16.0 Å². The third kappa shape index (κ3) is 5.91. The van der Waals surface area contributed by atoms with E-state index in [1.807, 2.05) is 12.1 Å². The third-order valence-corrected chi connectivity index (χ3v) is 3.96. The summed E-state index contributed by atoms with van der Waals surface area (Å²) in [6.07, 6.45) is 1.76. The Kier molecular flexibility index (Phi) is 7.05. The van der Waals surface area contributed by atoms with Gasteiger partial charge in [0.15, 0.2) is 0 Å². The van der Waals surface area contributed by atoms with Crippen molar-refractivity contribution in [1.82, 2.24) is 0 Å². The highest BCUT2D eigenvalue weighted by molar-refractivity contribution is 6.07. The minimum Gasteiger partial charge on any atom is -0.466 e. The first-order chi connectivity index (χ1) is 12.9. The summed E-state index contributed by atoms with van der Waals surface area (Å²) >= 11 is 0. The fourth-order valence-electron chi connectivity index (χ4n) is 2.61. The molecule has 2 aromatic rings. The van der Waals surface area contributed by atoms with Gasteiger partial charge in [-0.05, 0) is 56.0 Å². The molecule has 7 nitrogen and oxygen atoms in total. The van der Waals surface area contributed by atoms with Gasteiger partial charge in [0.05, 0.1) is 11.5 Å². The van der Waals surface area contributed by atoms with Crippen LogP contribution in [0.1, 0.15) is 41.3 Å². The van der Waals surface area contributed by atoms with E-state index in [4.69, 9.17) is 4.74 Å². The van der Waals surface area contributed by atoms with E-state index in [0.717, 1.165) is 17.5 Å². The number of hydrogen-bond acceptors (Lipinski definition) is 5. The smallest absolute Gasteiger partial charge is 0.305 e. The molecule has 27 heavy (non-hydrogen) atoms. The second kappa shape index (κ2) is 9.47. The van der Waals surface area contributed by atoms with Gasteiger partial charge in [-0.3, -0.25) is 19.7 Å². The number of esters is 1. The number of rotatable bonds is 8. The summed E-state index contributed by atoms with van der Waals surface area (Å²) in [5.74, 6) is -0.735. The molecule has 0 heterocycles. The summed E-state index contributed by atoms with van der Waals surface area (Å²) in [5.41, 5.74) is 2.14. The Morgan fingerprint density at radius 3 is 2.48 bits per heavy atom. The molecule has 0 atom stereocenters. The van der Waals surface area contributed by atoms with Crippen molar-refractivity contribution < 1.29 is 19.2 Å². The molecule has 0 unspecified atom stereocenters. The fraction of sp³-hybridized carbons (Fsp3) is 0.300. The molecule has 2 rings (SSSR count). The van der Waals surface area contributed by atoms with Crippen LogP contribution < -0.4 is 5.32 Å². The number of nitro benzene ring substituents is 1. The first-order valence-electron chi connectivity index (χ1n) is 8.71. The Morgan fingerprint density at radius 2 is 1.85 bits per heavy atom. The summed E-state index contributed by atoms with van der Waals surface area (Å²) in [5, 5.41) is 13.8. The van der Waals surface area contributed by atoms with Crippen LogP contribution in [0.4, 0.5) is 11.4 Å². The van der Waals surface area contributed by atoms with Gasteiger partial charge in [-0.25, -0.2) is 0 Å². The Labute approximate surface area is 157 Å². The minimum atomic E-state index is -0.568. The molecular weight excluding hydrogens is 348 g/mol. The van der Waals surface area contributed by atoms with Crippen molar-refractivity contribution in [3.63, 3.8) is 0 Å². The van der Waals surface area contributed by atoms with Crippen LogP contribution in [-0.4, -0.2) is 23.4 Å². The quantitative estimate of drug-likeness (QED) is 0.429. The van der Waals surface area contributed by atoms with Crippen LogP contribution in [0.5, 0.6) is 0 Å². The zero-order valence-electron chi connectivity index (χ0n) is 15.4. The van der Waals surface area contributed by atoms with Gasteiger partial charge in [0, 0.05) is 18.2 Å². The number of nitrogens with one attached hydrogen (secondary N) is 1. The molecule has 0 aromatic heterocycles. The van der Waals surface area contributed by atoms with E-state index in [9.17, 15) is 19.7 Å². The van der Waals surface area contributed by atoms with Gasteiger partial charge in [-0.1, -0.05) is 18.2 Å². The lowest BCUT2D eigenvalue weighted by molar-refractivity contribution is -0.385. The van der Waals surface area contributed by atoms with E-state index >= 15 is 0 Å². The average molecular weight is 370 g/mol. The summed E-state index contributed by atoms with van der Waals surface area (Å²) < 4.78 is 4.89. The van der Waals surface area contributed by atoms with Crippen molar-refractivity contribution in [2.45, 2.75) is 33.1 Å². The van der Waals surface area contributed by atoms with E-state index in [1.54, 1.807) is 32.0 Å². The molecule has 0 aliphatic rings. The number of nitrogens with zero attached hydrogens (tertiary/aromatic N) is 1. The molecule has 2 aromatic carbocycles. The summed E-state index contributed by atoms with van der Waals surface area (Å²) in [6, 6.07) is 11.6. The van der Waals surface area contributed by atoms with Crippen LogP contribution >= 0.6 is 0 Å². The van der Waals surface area contributed by atoms with Crippen LogP contribution in [0.3, 0.4) is 0 Å². The number of hydrogen-bond donors (Lipinski definition) is 1. The Morgan fingerprint density at radius 1 is 1.15 bits per heavy atom. The third-order valence-electron chi connectivity index (χ3n) is 3.96. The van der Waals surface area contributed by atoms with Crippen molar-refractivity contribution in [2.24, 2.45) is 0 Å². The summed E-state index contributed by atoms with van der Waals surface area (Å²) in [6.45, 7) is 3.92. The molecule has 0 spiro atoms. The molecule has 0 saturated carbocycles. The summed E-state index contributed by atoms with van der Waals surface area (Å²) in [7, 11) is 0. The van der Waals surface area contributed by atoms with Crippen LogP contribution in [0.15, 0.2) is 42.5 Å². The molecule has 142 valence electrons. The van der Waals surface area contributed by atoms with Crippen molar-refractivity contribution >= 4 is 23.3 Å². The maximum absolute atomic E-state index is 12.4. The van der Waals surface area contributed by atoms with Crippen LogP contribution in [0.2, 0.25) is 0 Å². The first kappa shape index (κ1) is 20.1. The highest BCUT2D eigenvalue weighted by Crippen LogP contribution is 2.21. The number of benzene rings is 2. The second-order valence-corrected chi connectivity index (χ2v) is 6.09. The molecule has 0 aliphatic carbocycles. The fourth-order valence-corrected chi connectivity index (χ4v) is 2.61. The first-order valence-corrected chi connectivity index (χ1v) is 8.71. The number of aryl methyl sites for hydroxylation is 2. The number of amides is 1. The molecule has 0 bridgehead atoms.